The van der Waals surface area contributed by atoms with Crippen molar-refractivity contribution in [2.75, 3.05) is 23.3 Å². The van der Waals surface area contributed by atoms with Crippen molar-refractivity contribution in [2.24, 2.45) is 0 Å². The molecule has 0 radical (unpaired) electrons. The van der Waals surface area contributed by atoms with Crippen LogP contribution in [0.1, 0.15) is 54.4 Å². The lowest BCUT2D eigenvalue weighted by Crippen LogP contribution is -2.55. The van der Waals surface area contributed by atoms with Gasteiger partial charge >= 0.3 is 12.1 Å². The highest BCUT2D eigenvalue weighted by Crippen LogP contribution is 2.31. The number of hydrogen-bond donors (Lipinski definition) is 3. The fourth-order valence-corrected chi connectivity index (χ4v) is 4.85. The molecule has 6 nitrogen and oxygen atoms in total. The zero-order chi connectivity index (χ0) is 23.4. The van der Waals surface area contributed by atoms with E-state index >= 15 is 0 Å². The Kier molecular flexibility index (Phi) is 7.07. The molecule has 2 heterocycles. The van der Waals surface area contributed by atoms with Gasteiger partial charge in [-0.15, -0.1) is 0 Å². The van der Waals surface area contributed by atoms with E-state index in [2.05, 4.69) is 20.5 Å². The molecule has 2 fully saturated rings. The molecule has 1 aromatic carbocycles. The molecule has 1 aliphatic heterocycles. The number of benzene rings is 1. The number of alkyl halides is 3. The van der Waals surface area contributed by atoms with Gasteiger partial charge in [-0.2, -0.15) is 13.2 Å². The van der Waals surface area contributed by atoms with E-state index in [1.807, 2.05) is 0 Å². The van der Waals surface area contributed by atoms with Crippen LogP contribution in [0.15, 0.2) is 42.6 Å². The van der Waals surface area contributed by atoms with Gasteiger partial charge < -0.3 is 20.6 Å². The number of hydrogen-bond acceptors (Lipinski definition) is 5. The molecule has 2 aromatic rings. The summed E-state index contributed by atoms with van der Waals surface area (Å²) in [6.07, 6.45) is 3.33. The number of pyridine rings is 1. The maximum atomic E-state index is 12.9. The Balaban J connectivity index is 1.39. The number of aromatic carboxylic acids is 1. The fourth-order valence-electron chi connectivity index (χ4n) is 4.85. The van der Waals surface area contributed by atoms with E-state index in [1.54, 1.807) is 18.2 Å². The number of carboxylic acids is 1. The minimum Gasteiger partial charge on any atom is -0.478 e. The lowest BCUT2D eigenvalue weighted by Gasteiger charge is -2.40. The first-order valence-electron chi connectivity index (χ1n) is 11.4. The third-order valence-corrected chi connectivity index (χ3v) is 6.54. The molecule has 3 atom stereocenters. The maximum Gasteiger partial charge on any atom is 0.416 e. The van der Waals surface area contributed by atoms with Gasteiger partial charge in [-0.1, -0.05) is 12.8 Å². The largest absolute Gasteiger partial charge is 0.478 e. The second-order valence-electron chi connectivity index (χ2n) is 8.87. The molecule has 1 aliphatic carbocycles. The summed E-state index contributed by atoms with van der Waals surface area (Å²) >= 11 is 0. The van der Waals surface area contributed by atoms with Gasteiger partial charge in [0.15, 0.2) is 0 Å². The van der Waals surface area contributed by atoms with E-state index < -0.39 is 17.7 Å². The highest BCUT2D eigenvalue weighted by molar-refractivity contribution is 5.88. The first-order chi connectivity index (χ1) is 15.8. The Morgan fingerprint density at radius 2 is 1.76 bits per heavy atom. The van der Waals surface area contributed by atoms with Crippen LogP contribution < -0.4 is 15.5 Å². The third-order valence-electron chi connectivity index (χ3n) is 6.54. The van der Waals surface area contributed by atoms with Crippen molar-refractivity contribution in [2.45, 2.75) is 62.8 Å². The second kappa shape index (κ2) is 9.99. The smallest absolute Gasteiger partial charge is 0.416 e. The first-order valence-corrected chi connectivity index (χ1v) is 11.4. The number of carbonyl (C=O) groups is 1. The van der Waals surface area contributed by atoms with Crippen molar-refractivity contribution >= 4 is 17.5 Å². The Labute approximate surface area is 191 Å². The second-order valence-corrected chi connectivity index (χ2v) is 8.87. The molecule has 33 heavy (non-hydrogen) atoms. The maximum absolute atomic E-state index is 12.9. The molecule has 1 aromatic heterocycles. The van der Waals surface area contributed by atoms with Crippen molar-refractivity contribution in [3.63, 3.8) is 0 Å². The van der Waals surface area contributed by atoms with E-state index in [0.29, 0.717) is 5.82 Å². The molecule has 0 spiro atoms. The Morgan fingerprint density at radius 3 is 2.45 bits per heavy atom. The first kappa shape index (κ1) is 23.4. The van der Waals surface area contributed by atoms with Crippen molar-refractivity contribution in [3.8, 4) is 0 Å². The molecule has 178 valence electrons. The number of aromatic nitrogens is 1. The van der Waals surface area contributed by atoms with Crippen molar-refractivity contribution in [1.29, 1.82) is 0 Å². The predicted molar refractivity (Wildman–Crippen MR) is 121 cm³/mol. The lowest BCUT2D eigenvalue weighted by molar-refractivity contribution is -0.137. The van der Waals surface area contributed by atoms with Gasteiger partial charge in [0, 0.05) is 43.1 Å². The summed E-state index contributed by atoms with van der Waals surface area (Å²) in [6.45, 7) is 1.56. The third kappa shape index (κ3) is 5.96. The minimum absolute atomic E-state index is 0.136. The average molecular weight is 463 g/mol. The summed E-state index contributed by atoms with van der Waals surface area (Å²) in [4.78, 5) is 17.7. The van der Waals surface area contributed by atoms with E-state index in [1.165, 1.54) is 12.3 Å². The molecule has 2 aliphatic rings. The molecule has 1 saturated heterocycles. The summed E-state index contributed by atoms with van der Waals surface area (Å²) in [7, 11) is 0. The molecule has 9 heteroatoms. The van der Waals surface area contributed by atoms with Gasteiger partial charge in [-0.25, -0.2) is 9.78 Å². The van der Waals surface area contributed by atoms with E-state index in [0.717, 1.165) is 69.4 Å². The van der Waals surface area contributed by atoms with E-state index in [4.69, 9.17) is 0 Å². The quantitative estimate of drug-likeness (QED) is 0.574. The van der Waals surface area contributed by atoms with E-state index in [9.17, 15) is 23.1 Å². The van der Waals surface area contributed by atoms with Crippen LogP contribution in [0, 0.1) is 0 Å². The van der Waals surface area contributed by atoms with Crippen molar-refractivity contribution in [1.82, 2.24) is 10.3 Å². The SMILES string of the molecule is O=C(O)c1ccnc(NC2CCCCC2NC2CCCN(c3ccc(C(F)(F)F)cc3)C2)c1. The van der Waals surface area contributed by atoms with Crippen LogP contribution >= 0.6 is 0 Å². The summed E-state index contributed by atoms with van der Waals surface area (Å²) < 4.78 is 38.6. The fraction of sp³-hybridized carbons (Fsp3) is 0.500. The Bertz CT molecular complexity index is 951. The number of halogens is 3. The lowest BCUT2D eigenvalue weighted by atomic mass is 9.89. The molecule has 0 bridgehead atoms. The average Bonchev–Trinajstić information content (AvgIpc) is 2.80. The number of carboxylic acid groups (broad SMARTS) is 1. The van der Waals surface area contributed by atoms with Gasteiger partial charge in [-0.3, -0.25) is 0 Å². The van der Waals surface area contributed by atoms with Crippen molar-refractivity contribution in [3.05, 3.63) is 53.7 Å². The van der Waals surface area contributed by atoms with Crippen LogP contribution in [0.3, 0.4) is 0 Å². The monoisotopic (exact) mass is 462 g/mol. The van der Waals surface area contributed by atoms with Crippen LogP contribution in [0.5, 0.6) is 0 Å². The predicted octanol–water partition coefficient (Wildman–Crippen LogP) is 4.78. The number of piperidine rings is 1. The summed E-state index contributed by atoms with van der Waals surface area (Å²) in [5.41, 5.74) is 0.379. The highest BCUT2D eigenvalue weighted by atomic mass is 19.4. The Morgan fingerprint density at radius 1 is 1.03 bits per heavy atom. The van der Waals surface area contributed by atoms with Crippen LogP contribution in [-0.4, -0.2) is 47.3 Å². The zero-order valence-electron chi connectivity index (χ0n) is 18.3. The molecule has 3 N–H and O–H groups in total. The van der Waals surface area contributed by atoms with Gasteiger partial charge in [-0.05, 0) is 62.1 Å². The van der Waals surface area contributed by atoms with E-state index in [-0.39, 0.29) is 23.7 Å². The number of rotatable bonds is 6. The van der Waals surface area contributed by atoms with Gasteiger partial charge in [0.25, 0.3) is 0 Å². The molecule has 4 rings (SSSR count). The number of nitrogens with one attached hydrogen (secondary N) is 2. The van der Waals surface area contributed by atoms with Gasteiger partial charge in [0.1, 0.15) is 5.82 Å². The summed E-state index contributed by atoms with van der Waals surface area (Å²) in [5.74, 6) is -0.423. The molecule has 3 unspecified atom stereocenters. The summed E-state index contributed by atoms with van der Waals surface area (Å²) in [5, 5.41) is 16.4. The Hall–Kier alpha value is -2.81. The van der Waals surface area contributed by atoms with Crippen LogP contribution in [0.2, 0.25) is 0 Å². The zero-order valence-corrected chi connectivity index (χ0v) is 18.3. The normalized spacial score (nSPS) is 23.8. The number of anilines is 2. The topological polar surface area (TPSA) is 77.5 Å². The van der Waals surface area contributed by atoms with Crippen LogP contribution in [0.25, 0.3) is 0 Å². The summed E-state index contributed by atoms with van der Waals surface area (Å²) in [6, 6.07) is 9.00. The molecular formula is C24H29F3N4O2. The van der Waals surface area contributed by atoms with Crippen molar-refractivity contribution < 1.29 is 23.1 Å². The minimum atomic E-state index is -4.33. The number of nitrogens with zero attached hydrogens (tertiary/aromatic N) is 2. The van der Waals surface area contributed by atoms with Gasteiger partial charge in [0.05, 0.1) is 11.1 Å². The van der Waals surface area contributed by atoms with Gasteiger partial charge in [0.2, 0.25) is 0 Å². The van der Waals surface area contributed by atoms with Crippen LogP contribution in [-0.2, 0) is 6.18 Å². The molecular weight excluding hydrogens is 433 g/mol. The standard InChI is InChI=1S/C24H29F3N4O2/c25-24(26,27)17-7-9-19(10-8-17)31-13-3-4-18(15-31)29-20-5-1-2-6-21(20)30-22-14-16(23(32)33)11-12-28-22/h7-12,14,18,20-21,29H,1-6,13,15H2,(H,28,30)(H,32,33). The highest BCUT2D eigenvalue weighted by Gasteiger charge is 2.32. The molecule has 1 saturated carbocycles. The molecule has 0 amide bonds. The van der Waals surface area contributed by atoms with Crippen LogP contribution in [0.4, 0.5) is 24.7 Å².